The summed E-state index contributed by atoms with van der Waals surface area (Å²) in [4.78, 5) is 5.69. The monoisotopic (exact) mass is 299 g/mol. The van der Waals surface area contributed by atoms with Crippen LogP contribution in [0.3, 0.4) is 0 Å². The molecule has 4 N–H and O–H groups in total. The van der Waals surface area contributed by atoms with Crippen LogP contribution in [0.2, 0.25) is 0 Å². The van der Waals surface area contributed by atoms with E-state index in [-0.39, 0.29) is 12.5 Å². The van der Waals surface area contributed by atoms with Gasteiger partial charge in [-0.2, -0.15) is 0 Å². The van der Waals surface area contributed by atoms with Gasteiger partial charge in [-0.25, -0.2) is 4.99 Å². The lowest BCUT2D eigenvalue weighted by molar-refractivity contribution is -0.145. The zero-order valence-electron chi connectivity index (χ0n) is 10.9. The van der Waals surface area contributed by atoms with E-state index in [1.54, 1.807) is 17.2 Å². The van der Waals surface area contributed by atoms with Crippen molar-refractivity contribution in [3.05, 3.63) is 24.7 Å². The molecule has 20 heavy (non-hydrogen) atoms. The van der Waals surface area contributed by atoms with Crippen LogP contribution >= 0.6 is 11.6 Å². The number of nitrogens with zero attached hydrogens (tertiary/aromatic N) is 2. The van der Waals surface area contributed by atoms with E-state index in [0.29, 0.717) is 11.7 Å². The molecule has 6 nitrogen and oxygen atoms in total. The highest BCUT2D eigenvalue weighted by molar-refractivity contribution is 6.21. The van der Waals surface area contributed by atoms with Gasteiger partial charge in [0.2, 0.25) is 0 Å². The van der Waals surface area contributed by atoms with Gasteiger partial charge in [0.1, 0.15) is 28.7 Å². The molecule has 0 bridgehead atoms. The largest absolute Gasteiger partial charge is 0.393 e. The van der Waals surface area contributed by atoms with E-state index in [4.69, 9.17) is 22.1 Å². The fourth-order valence-corrected chi connectivity index (χ4v) is 3.27. The summed E-state index contributed by atoms with van der Waals surface area (Å²) in [6, 6.07) is 0. The molecule has 3 rings (SSSR count). The molecule has 3 aliphatic rings. The lowest BCUT2D eigenvalue weighted by Gasteiger charge is -2.33. The van der Waals surface area contributed by atoms with Gasteiger partial charge in [-0.05, 0) is 24.8 Å². The Hall–Kier alpha value is -1.08. The summed E-state index contributed by atoms with van der Waals surface area (Å²) in [5, 5.41) is 19.4. The van der Waals surface area contributed by atoms with Gasteiger partial charge in [0.05, 0.1) is 6.61 Å². The van der Waals surface area contributed by atoms with Crippen molar-refractivity contribution in [2.75, 3.05) is 6.61 Å². The number of nitrogens with two attached hydrogens (primary N) is 1. The van der Waals surface area contributed by atoms with Crippen molar-refractivity contribution in [2.24, 2.45) is 16.6 Å². The maximum Gasteiger partial charge on any atom is 0.155 e. The van der Waals surface area contributed by atoms with E-state index in [9.17, 15) is 10.2 Å². The van der Waals surface area contributed by atoms with Crippen molar-refractivity contribution in [3.8, 4) is 0 Å². The van der Waals surface area contributed by atoms with Crippen LogP contribution in [-0.4, -0.2) is 50.9 Å². The molecule has 0 aromatic carbocycles. The Morgan fingerprint density at radius 1 is 1.60 bits per heavy atom. The third-order valence-corrected chi connectivity index (χ3v) is 4.62. The quantitative estimate of drug-likeness (QED) is 0.644. The first kappa shape index (κ1) is 13.9. The van der Waals surface area contributed by atoms with Crippen molar-refractivity contribution in [1.29, 1.82) is 0 Å². The Labute approximate surface area is 122 Å². The van der Waals surface area contributed by atoms with Gasteiger partial charge in [-0.1, -0.05) is 6.58 Å². The SMILES string of the molecule is C=C1N=C(N)C=CN1[C@@H]1O[C@@](CO)(C2CC2)[C@@H](O)[C@H]1Cl. The van der Waals surface area contributed by atoms with E-state index in [1.165, 1.54) is 0 Å². The number of hydrogen-bond donors (Lipinski definition) is 3. The molecule has 0 spiro atoms. The maximum absolute atomic E-state index is 10.4. The molecule has 1 saturated heterocycles. The average Bonchev–Trinajstić information content (AvgIpc) is 3.22. The first-order valence-electron chi connectivity index (χ1n) is 6.60. The summed E-state index contributed by atoms with van der Waals surface area (Å²) in [7, 11) is 0. The number of aliphatic hydroxyl groups excluding tert-OH is 2. The lowest BCUT2D eigenvalue weighted by atomic mass is 9.92. The summed E-state index contributed by atoms with van der Waals surface area (Å²) in [6.45, 7) is 3.55. The first-order chi connectivity index (χ1) is 9.49. The van der Waals surface area contributed by atoms with Gasteiger partial charge in [0.25, 0.3) is 0 Å². The van der Waals surface area contributed by atoms with E-state index >= 15 is 0 Å². The van der Waals surface area contributed by atoms with Gasteiger partial charge < -0.3 is 25.6 Å². The molecule has 110 valence electrons. The minimum absolute atomic E-state index is 0.143. The molecule has 0 radical (unpaired) electrons. The molecule has 2 heterocycles. The highest BCUT2D eigenvalue weighted by Crippen LogP contribution is 2.50. The number of amidine groups is 1. The summed E-state index contributed by atoms with van der Waals surface area (Å²) in [6.07, 6.45) is 3.59. The predicted molar refractivity (Wildman–Crippen MR) is 74.8 cm³/mol. The fourth-order valence-electron chi connectivity index (χ4n) is 2.88. The summed E-state index contributed by atoms with van der Waals surface area (Å²) >= 11 is 6.32. The second-order valence-corrected chi connectivity index (χ2v) is 5.96. The second kappa shape index (κ2) is 4.73. The number of halogens is 1. The third kappa shape index (κ3) is 1.95. The number of rotatable bonds is 3. The predicted octanol–water partition coefficient (Wildman–Crippen LogP) is 0.110. The van der Waals surface area contributed by atoms with Gasteiger partial charge in [-0.3, -0.25) is 0 Å². The first-order valence-corrected chi connectivity index (χ1v) is 7.03. The Morgan fingerprint density at radius 3 is 2.85 bits per heavy atom. The zero-order valence-corrected chi connectivity index (χ0v) is 11.7. The molecule has 0 aromatic rings. The molecule has 2 aliphatic heterocycles. The molecule has 0 amide bonds. The maximum atomic E-state index is 10.4. The van der Waals surface area contributed by atoms with Crippen LogP contribution in [0.1, 0.15) is 12.8 Å². The molecule has 0 aromatic heterocycles. The number of alkyl halides is 1. The Balaban J connectivity index is 1.85. The number of ether oxygens (including phenoxy) is 1. The Morgan fingerprint density at radius 2 is 2.30 bits per heavy atom. The average molecular weight is 300 g/mol. The van der Waals surface area contributed by atoms with Gasteiger partial charge in [-0.15, -0.1) is 11.6 Å². The molecular weight excluding hydrogens is 282 g/mol. The standard InChI is InChI=1S/C13H18ClN3O3/c1-7-16-9(15)4-5-17(7)12-10(14)11(19)13(6-18,20-12)8-2-3-8/h4-5,8,10-12,18-19H,1-3,6H2,(H2,15,16)/t10-,11+,12-,13+/m1/s1. The van der Waals surface area contributed by atoms with Gasteiger partial charge >= 0.3 is 0 Å². The van der Waals surface area contributed by atoms with Crippen LogP contribution in [0.4, 0.5) is 0 Å². The van der Waals surface area contributed by atoms with E-state index < -0.39 is 23.3 Å². The minimum Gasteiger partial charge on any atom is -0.393 e. The van der Waals surface area contributed by atoms with Crippen LogP contribution in [0.15, 0.2) is 29.7 Å². The minimum atomic E-state index is -0.988. The van der Waals surface area contributed by atoms with Crippen molar-refractivity contribution in [3.63, 3.8) is 0 Å². The molecule has 2 fully saturated rings. The topological polar surface area (TPSA) is 91.3 Å². The van der Waals surface area contributed by atoms with E-state index in [2.05, 4.69) is 11.6 Å². The molecule has 4 atom stereocenters. The number of aliphatic imine (C=N–C) groups is 1. The molecule has 7 heteroatoms. The summed E-state index contributed by atoms with van der Waals surface area (Å²) in [5.74, 6) is 0.897. The molecule has 1 saturated carbocycles. The number of aliphatic hydroxyl groups is 2. The van der Waals surface area contributed by atoms with Crippen molar-refractivity contribution in [1.82, 2.24) is 4.90 Å². The van der Waals surface area contributed by atoms with Crippen LogP contribution in [0.5, 0.6) is 0 Å². The van der Waals surface area contributed by atoms with E-state index in [1.807, 2.05) is 0 Å². The van der Waals surface area contributed by atoms with Crippen molar-refractivity contribution in [2.45, 2.75) is 36.2 Å². The van der Waals surface area contributed by atoms with Crippen LogP contribution in [0, 0.1) is 5.92 Å². The van der Waals surface area contributed by atoms with Gasteiger partial charge in [0, 0.05) is 6.20 Å². The smallest absolute Gasteiger partial charge is 0.155 e. The normalized spacial score (nSPS) is 41.1. The van der Waals surface area contributed by atoms with Gasteiger partial charge in [0.15, 0.2) is 6.23 Å². The van der Waals surface area contributed by atoms with E-state index in [0.717, 1.165) is 12.8 Å². The van der Waals surface area contributed by atoms with Crippen LogP contribution < -0.4 is 5.73 Å². The highest BCUT2D eigenvalue weighted by Gasteiger charge is 2.61. The summed E-state index contributed by atoms with van der Waals surface area (Å²) < 4.78 is 5.96. The second-order valence-electron chi connectivity index (χ2n) is 5.46. The van der Waals surface area contributed by atoms with Crippen molar-refractivity contribution < 1.29 is 14.9 Å². The zero-order chi connectivity index (χ0) is 14.5. The highest BCUT2D eigenvalue weighted by atomic mass is 35.5. The lowest BCUT2D eigenvalue weighted by Crippen LogP contribution is -2.47. The Bertz CT molecular complexity index is 491. The molecular formula is C13H18ClN3O3. The van der Waals surface area contributed by atoms with Crippen LogP contribution in [-0.2, 0) is 4.74 Å². The number of hydrogen-bond acceptors (Lipinski definition) is 6. The van der Waals surface area contributed by atoms with Crippen LogP contribution in [0.25, 0.3) is 0 Å². The Kier molecular flexibility index (Phi) is 3.29. The molecule has 0 unspecified atom stereocenters. The third-order valence-electron chi connectivity index (χ3n) is 4.17. The van der Waals surface area contributed by atoms with Crippen molar-refractivity contribution >= 4 is 17.4 Å². The molecule has 1 aliphatic carbocycles. The summed E-state index contributed by atoms with van der Waals surface area (Å²) in [5.41, 5.74) is 4.61. The fraction of sp³-hybridized carbons (Fsp3) is 0.615.